The molecule has 1 aromatic heterocycles. The third-order valence-electron chi connectivity index (χ3n) is 1.11. The first kappa shape index (κ1) is 8.39. The summed E-state index contributed by atoms with van der Waals surface area (Å²) in [6, 6.07) is -3.72. The molecule has 0 amide bonds. The third-order valence-corrected chi connectivity index (χ3v) is 1.37. The Kier molecular flexibility index (Phi) is 2.08. The molecule has 0 aromatic carbocycles. The second kappa shape index (κ2) is 2.73. The molecule has 0 saturated heterocycles. The first-order chi connectivity index (χ1) is 5.05. The average molecular weight is 185 g/mol. The Balaban J connectivity index is 2.90. The van der Waals surface area contributed by atoms with Gasteiger partial charge in [-0.2, -0.15) is 8.78 Å². The molecule has 0 unspecified atom stereocenters. The van der Waals surface area contributed by atoms with E-state index in [1.807, 2.05) is 0 Å². The van der Waals surface area contributed by atoms with Crippen molar-refractivity contribution < 1.29 is 13.2 Å². The average Bonchev–Trinajstić information content (AvgIpc) is 2.37. The molecule has 11 heavy (non-hydrogen) atoms. The second-order valence-electron chi connectivity index (χ2n) is 1.86. The fourth-order valence-electron chi connectivity index (χ4n) is 0.548. The highest BCUT2D eigenvalue weighted by Crippen LogP contribution is 2.29. The zero-order valence-corrected chi connectivity index (χ0v) is 5.97. The van der Waals surface area contributed by atoms with Crippen molar-refractivity contribution in [3.8, 4) is 0 Å². The van der Waals surface area contributed by atoms with Crippen molar-refractivity contribution in [3.05, 3.63) is 18.7 Å². The molecule has 0 bridgehead atoms. The lowest BCUT2D eigenvalue weighted by molar-refractivity contribution is -0.115. The first-order valence-electron chi connectivity index (χ1n) is 2.69. The van der Waals surface area contributed by atoms with E-state index < -0.39 is 11.7 Å². The molecule has 0 N–H and O–H groups in total. The quantitative estimate of drug-likeness (QED) is 0.643. The van der Waals surface area contributed by atoms with Gasteiger partial charge in [0.25, 0.3) is 5.63 Å². The summed E-state index contributed by atoms with van der Waals surface area (Å²) in [5, 5.41) is 0. The summed E-state index contributed by atoms with van der Waals surface area (Å²) in [7, 11) is 0. The summed E-state index contributed by atoms with van der Waals surface area (Å²) in [6.07, 6.45) is 2.86. The van der Waals surface area contributed by atoms with Crippen LogP contribution in [0.25, 0.3) is 0 Å². The maximum atomic E-state index is 12.5. The Morgan fingerprint density at radius 1 is 1.55 bits per heavy atom. The zero-order chi connectivity index (χ0) is 8.48. The van der Waals surface area contributed by atoms with Crippen LogP contribution in [0.5, 0.6) is 0 Å². The molecule has 0 aliphatic rings. The highest BCUT2D eigenvalue weighted by molar-refractivity contribution is 6.20. The third kappa shape index (κ3) is 1.48. The Labute approximate surface area is 65.6 Å². The van der Waals surface area contributed by atoms with Crippen LogP contribution in [0.4, 0.5) is 13.2 Å². The van der Waals surface area contributed by atoms with Crippen molar-refractivity contribution in [3.63, 3.8) is 0 Å². The molecule has 0 fully saturated rings. The lowest BCUT2D eigenvalue weighted by atomic mass is 10.6. The van der Waals surface area contributed by atoms with Gasteiger partial charge in [0.2, 0.25) is 0 Å². The van der Waals surface area contributed by atoms with Crippen LogP contribution in [-0.2, 0) is 6.05 Å². The largest absolute Gasteiger partial charge is 0.375 e. The summed E-state index contributed by atoms with van der Waals surface area (Å²) in [4.78, 5) is 3.33. The normalized spacial score (nSPS) is 14.9. The van der Waals surface area contributed by atoms with Gasteiger partial charge in [-0.1, -0.05) is 11.6 Å². The van der Waals surface area contributed by atoms with Gasteiger partial charge in [0.1, 0.15) is 0 Å². The van der Waals surface area contributed by atoms with E-state index in [4.69, 9.17) is 0 Å². The van der Waals surface area contributed by atoms with Gasteiger partial charge in [0.15, 0.2) is 0 Å². The molecule has 2 nitrogen and oxygen atoms in total. The fraction of sp³-hybridized carbons (Fsp3) is 0.400. The van der Waals surface area contributed by atoms with Crippen molar-refractivity contribution in [2.45, 2.75) is 11.7 Å². The molecule has 0 aliphatic carbocycles. The van der Waals surface area contributed by atoms with E-state index in [1.54, 1.807) is 0 Å². The van der Waals surface area contributed by atoms with Crippen LogP contribution in [0.2, 0.25) is 0 Å². The number of hydrogen-bond donors (Lipinski definition) is 0. The van der Waals surface area contributed by atoms with Crippen molar-refractivity contribution in [1.29, 1.82) is 0 Å². The number of imidazole rings is 1. The van der Waals surface area contributed by atoms with E-state index in [0.717, 1.165) is 18.7 Å². The number of halogens is 4. The van der Waals surface area contributed by atoms with Gasteiger partial charge in [0.05, 0.1) is 6.33 Å². The van der Waals surface area contributed by atoms with Crippen molar-refractivity contribution in [1.82, 2.24) is 9.55 Å². The molecular weight excluding hydrogens is 181 g/mol. The molecule has 0 aliphatic heterocycles. The van der Waals surface area contributed by atoms with E-state index in [1.165, 1.54) is 0 Å². The Morgan fingerprint density at radius 3 is 2.55 bits per heavy atom. The smallest absolute Gasteiger partial charge is 0.274 e. The van der Waals surface area contributed by atoms with Gasteiger partial charge in [-0.3, -0.25) is 4.57 Å². The number of hydrogen-bond acceptors (Lipinski definition) is 1. The minimum Gasteiger partial charge on any atom is -0.274 e. The number of aromatic nitrogens is 2. The van der Waals surface area contributed by atoms with Crippen LogP contribution in [0, 0.1) is 0 Å². The van der Waals surface area contributed by atoms with Gasteiger partial charge >= 0.3 is 6.05 Å². The molecule has 62 valence electrons. The first-order valence-corrected chi connectivity index (χ1v) is 3.13. The number of alkyl halides is 4. The molecule has 0 radical (unpaired) electrons. The van der Waals surface area contributed by atoms with Crippen molar-refractivity contribution in [2.75, 3.05) is 0 Å². The Morgan fingerprint density at radius 2 is 2.18 bits per heavy atom. The lowest BCUT2D eigenvalue weighted by Crippen LogP contribution is -2.29. The van der Waals surface area contributed by atoms with Crippen LogP contribution in [-0.4, -0.2) is 15.2 Å². The Hall–Kier alpha value is -0.710. The highest BCUT2D eigenvalue weighted by atomic mass is 35.5. The molecule has 6 heteroatoms. The molecule has 0 spiro atoms. The van der Waals surface area contributed by atoms with Crippen LogP contribution in [0.15, 0.2) is 18.7 Å². The van der Waals surface area contributed by atoms with Crippen molar-refractivity contribution in [2.24, 2.45) is 0 Å². The predicted octanol–water partition coefficient (Wildman–Crippen LogP) is 1.97. The molecule has 1 heterocycles. The molecule has 1 aromatic rings. The second-order valence-corrected chi connectivity index (χ2v) is 2.24. The van der Waals surface area contributed by atoms with E-state index in [2.05, 4.69) is 16.6 Å². The van der Waals surface area contributed by atoms with Crippen LogP contribution >= 0.6 is 11.6 Å². The molecular formula is C5H4ClF3N2. The van der Waals surface area contributed by atoms with Crippen molar-refractivity contribution >= 4 is 11.6 Å². The monoisotopic (exact) mass is 184 g/mol. The van der Waals surface area contributed by atoms with Gasteiger partial charge in [-0.25, -0.2) is 9.37 Å². The van der Waals surface area contributed by atoms with E-state index >= 15 is 0 Å². The number of rotatable bonds is 2. The van der Waals surface area contributed by atoms with Crippen LogP contribution < -0.4 is 0 Å². The minimum atomic E-state index is -3.72. The maximum absolute atomic E-state index is 12.5. The minimum absolute atomic E-state index is 0.310. The summed E-state index contributed by atoms with van der Waals surface area (Å²) in [5.74, 6) is 0. The highest BCUT2D eigenvalue weighted by Gasteiger charge is 2.40. The van der Waals surface area contributed by atoms with Gasteiger partial charge < -0.3 is 0 Å². The van der Waals surface area contributed by atoms with Gasteiger partial charge in [-0.15, -0.1) is 0 Å². The molecule has 1 rings (SSSR count). The standard InChI is InChI=1S/C5H4ClF3N2/c6-4(7)5(8,9)11-2-1-10-3-11/h1-4H/t4-/m1/s1. The summed E-state index contributed by atoms with van der Waals surface area (Å²) in [5.41, 5.74) is -2.74. The van der Waals surface area contributed by atoms with Crippen LogP contribution in [0.1, 0.15) is 0 Å². The molecule has 0 saturated carbocycles. The van der Waals surface area contributed by atoms with Crippen LogP contribution in [0.3, 0.4) is 0 Å². The van der Waals surface area contributed by atoms with Gasteiger partial charge in [0, 0.05) is 12.4 Å². The Bertz CT molecular complexity index is 222. The fourth-order valence-corrected chi connectivity index (χ4v) is 0.661. The summed E-state index contributed by atoms with van der Waals surface area (Å²) < 4.78 is 37.4. The van der Waals surface area contributed by atoms with E-state index in [0.29, 0.717) is 4.57 Å². The zero-order valence-electron chi connectivity index (χ0n) is 5.22. The molecule has 1 atom stereocenters. The predicted molar refractivity (Wildman–Crippen MR) is 33.2 cm³/mol. The van der Waals surface area contributed by atoms with E-state index in [-0.39, 0.29) is 0 Å². The SMILES string of the molecule is F[C@@H](Cl)C(F)(F)n1ccnc1. The van der Waals surface area contributed by atoms with Gasteiger partial charge in [-0.05, 0) is 0 Å². The maximum Gasteiger partial charge on any atom is 0.375 e. The topological polar surface area (TPSA) is 17.8 Å². The summed E-state index contributed by atoms with van der Waals surface area (Å²) in [6.45, 7) is 0. The van der Waals surface area contributed by atoms with E-state index in [9.17, 15) is 13.2 Å². The number of nitrogens with zero attached hydrogens (tertiary/aromatic N) is 2. The summed E-state index contributed by atoms with van der Waals surface area (Å²) >= 11 is 4.60. The lowest BCUT2D eigenvalue weighted by Gasteiger charge is -2.16.